The molecule has 6 heteroatoms. The van der Waals surface area contributed by atoms with E-state index in [1.54, 1.807) is 23.7 Å². The molecule has 1 N–H and O–H groups in total. The number of anilines is 1. The molecule has 0 saturated carbocycles. The molecule has 140 valence electrons. The summed E-state index contributed by atoms with van der Waals surface area (Å²) >= 11 is 1.70. The zero-order chi connectivity index (χ0) is 18.5. The minimum atomic E-state index is 0.593. The maximum atomic E-state index is 4.57. The van der Waals surface area contributed by atoms with Crippen molar-refractivity contribution in [1.29, 1.82) is 0 Å². The van der Waals surface area contributed by atoms with Gasteiger partial charge in [0, 0.05) is 67.3 Å². The van der Waals surface area contributed by atoms with Gasteiger partial charge in [-0.1, -0.05) is 12.1 Å². The minimum Gasteiger partial charge on any atom is -0.371 e. The Morgan fingerprint density at radius 3 is 2.63 bits per heavy atom. The van der Waals surface area contributed by atoms with Crippen LogP contribution in [-0.4, -0.2) is 40.6 Å². The van der Waals surface area contributed by atoms with Crippen LogP contribution < -0.4 is 10.2 Å². The van der Waals surface area contributed by atoms with Crippen molar-refractivity contribution in [3.63, 3.8) is 0 Å². The van der Waals surface area contributed by atoms with Crippen LogP contribution in [0.15, 0.2) is 48.2 Å². The summed E-state index contributed by atoms with van der Waals surface area (Å²) < 4.78 is 0. The molecule has 0 amide bonds. The maximum absolute atomic E-state index is 4.57. The highest BCUT2D eigenvalue weighted by Gasteiger charge is 2.19. The molecule has 1 fully saturated rings. The number of hydrogen-bond acceptors (Lipinski definition) is 6. The van der Waals surface area contributed by atoms with E-state index in [-0.39, 0.29) is 0 Å². The fourth-order valence-corrected chi connectivity index (χ4v) is 4.17. The first-order valence-electron chi connectivity index (χ1n) is 9.54. The lowest BCUT2D eigenvalue weighted by atomic mass is 10.0. The lowest BCUT2D eigenvalue weighted by Crippen LogP contribution is -2.43. The van der Waals surface area contributed by atoms with Crippen LogP contribution in [0, 0.1) is 6.92 Å². The quantitative estimate of drug-likeness (QED) is 0.708. The molecule has 2 aromatic heterocycles. The van der Waals surface area contributed by atoms with E-state index in [0.717, 1.165) is 42.5 Å². The van der Waals surface area contributed by atoms with Gasteiger partial charge in [-0.05, 0) is 31.9 Å². The monoisotopic (exact) mass is 379 g/mol. The van der Waals surface area contributed by atoms with Crippen molar-refractivity contribution in [2.24, 2.45) is 0 Å². The zero-order valence-corrected chi connectivity index (χ0v) is 16.5. The zero-order valence-electron chi connectivity index (χ0n) is 15.6. The highest BCUT2D eigenvalue weighted by molar-refractivity contribution is 7.09. The Labute approximate surface area is 164 Å². The molecule has 1 saturated heterocycles. The van der Waals surface area contributed by atoms with Crippen molar-refractivity contribution in [2.75, 3.05) is 24.5 Å². The molecular weight excluding hydrogens is 354 g/mol. The number of aryl methyl sites for hydroxylation is 1. The van der Waals surface area contributed by atoms with Gasteiger partial charge in [0.05, 0.1) is 16.4 Å². The Morgan fingerprint density at radius 1 is 1.15 bits per heavy atom. The van der Waals surface area contributed by atoms with Crippen LogP contribution in [0.25, 0.3) is 11.3 Å². The highest BCUT2D eigenvalue weighted by atomic mass is 32.1. The van der Waals surface area contributed by atoms with Gasteiger partial charge in [0.1, 0.15) is 0 Å². The second kappa shape index (κ2) is 8.59. The molecule has 0 bridgehead atoms. The topological polar surface area (TPSA) is 53.9 Å². The van der Waals surface area contributed by atoms with Crippen LogP contribution in [0.4, 0.5) is 5.69 Å². The van der Waals surface area contributed by atoms with Crippen LogP contribution in [0.3, 0.4) is 0 Å². The van der Waals surface area contributed by atoms with Gasteiger partial charge in [0.15, 0.2) is 0 Å². The highest BCUT2D eigenvalue weighted by Crippen LogP contribution is 2.26. The number of rotatable bonds is 6. The lowest BCUT2D eigenvalue weighted by molar-refractivity contribution is 0.417. The van der Waals surface area contributed by atoms with Gasteiger partial charge in [0.25, 0.3) is 0 Å². The van der Waals surface area contributed by atoms with Crippen molar-refractivity contribution in [1.82, 2.24) is 20.3 Å². The molecule has 1 aromatic carbocycles. The first-order valence-corrected chi connectivity index (χ1v) is 10.4. The van der Waals surface area contributed by atoms with E-state index in [1.807, 2.05) is 13.1 Å². The number of benzene rings is 1. The summed E-state index contributed by atoms with van der Waals surface area (Å²) in [6, 6.07) is 9.43. The third-order valence-electron chi connectivity index (χ3n) is 5.07. The SMILES string of the molecule is Cc1nc(-c2ccc(N3CCC(NCCc4cnccn4)CC3)cc2)cs1. The molecule has 0 atom stereocenters. The van der Waals surface area contributed by atoms with E-state index in [2.05, 4.69) is 54.8 Å². The van der Waals surface area contributed by atoms with Gasteiger partial charge >= 0.3 is 0 Å². The van der Waals surface area contributed by atoms with Crippen molar-refractivity contribution in [3.8, 4) is 11.3 Å². The van der Waals surface area contributed by atoms with Crippen LogP contribution in [0.5, 0.6) is 0 Å². The smallest absolute Gasteiger partial charge is 0.0901 e. The molecule has 3 heterocycles. The van der Waals surface area contributed by atoms with Gasteiger partial charge in [-0.2, -0.15) is 0 Å². The average Bonchev–Trinajstić information content (AvgIpc) is 3.16. The summed E-state index contributed by atoms with van der Waals surface area (Å²) in [6.45, 7) is 5.20. The first-order chi connectivity index (χ1) is 13.3. The van der Waals surface area contributed by atoms with Crippen molar-refractivity contribution in [2.45, 2.75) is 32.2 Å². The Hall–Kier alpha value is -2.31. The predicted octanol–water partition coefficient (Wildman–Crippen LogP) is 3.71. The summed E-state index contributed by atoms with van der Waals surface area (Å²) in [5.41, 5.74) is 4.64. The second-order valence-electron chi connectivity index (χ2n) is 6.96. The number of hydrogen-bond donors (Lipinski definition) is 1. The number of nitrogens with zero attached hydrogens (tertiary/aromatic N) is 4. The van der Waals surface area contributed by atoms with E-state index in [1.165, 1.54) is 24.1 Å². The summed E-state index contributed by atoms with van der Waals surface area (Å²) in [5.74, 6) is 0. The molecule has 1 aliphatic heterocycles. The van der Waals surface area contributed by atoms with E-state index in [9.17, 15) is 0 Å². The Bertz CT molecular complexity index is 839. The second-order valence-corrected chi connectivity index (χ2v) is 8.02. The largest absolute Gasteiger partial charge is 0.371 e. The van der Waals surface area contributed by atoms with E-state index >= 15 is 0 Å². The van der Waals surface area contributed by atoms with Crippen molar-refractivity contribution in [3.05, 3.63) is 58.9 Å². The first kappa shape index (κ1) is 18.1. The van der Waals surface area contributed by atoms with Crippen LogP contribution >= 0.6 is 11.3 Å². The van der Waals surface area contributed by atoms with Gasteiger partial charge in [-0.15, -0.1) is 11.3 Å². The van der Waals surface area contributed by atoms with Crippen molar-refractivity contribution >= 4 is 17.0 Å². The predicted molar refractivity (Wildman–Crippen MR) is 111 cm³/mol. The van der Waals surface area contributed by atoms with E-state index in [4.69, 9.17) is 0 Å². The average molecular weight is 380 g/mol. The number of aromatic nitrogens is 3. The number of nitrogens with one attached hydrogen (secondary N) is 1. The molecule has 0 spiro atoms. The van der Waals surface area contributed by atoms with Crippen LogP contribution in [0.1, 0.15) is 23.5 Å². The summed E-state index contributed by atoms with van der Waals surface area (Å²) in [7, 11) is 0. The molecule has 0 aliphatic carbocycles. The van der Waals surface area contributed by atoms with Crippen LogP contribution in [-0.2, 0) is 6.42 Å². The van der Waals surface area contributed by atoms with E-state index in [0.29, 0.717) is 6.04 Å². The standard InChI is InChI=1S/C21H25N5S/c1-16-25-21(15-27-16)17-2-4-20(5-3-17)26-12-7-18(8-13-26)23-9-6-19-14-22-10-11-24-19/h2-5,10-11,14-15,18,23H,6-9,12-13H2,1H3. The fourth-order valence-electron chi connectivity index (χ4n) is 3.54. The van der Waals surface area contributed by atoms with Gasteiger partial charge in [0.2, 0.25) is 0 Å². The molecular formula is C21H25N5S. The van der Waals surface area contributed by atoms with Gasteiger partial charge < -0.3 is 10.2 Å². The molecule has 3 aromatic rings. The minimum absolute atomic E-state index is 0.593. The molecule has 27 heavy (non-hydrogen) atoms. The normalized spacial score (nSPS) is 15.2. The molecule has 1 aliphatic rings. The Kier molecular flexibility index (Phi) is 5.75. The summed E-state index contributed by atoms with van der Waals surface area (Å²) in [5, 5.41) is 6.91. The lowest BCUT2D eigenvalue weighted by Gasteiger charge is -2.34. The van der Waals surface area contributed by atoms with Crippen LogP contribution in [0.2, 0.25) is 0 Å². The molecule has 4 rings (SSSR count). The summed E-state index contributed by atoms with van der Waals surface area (Å²) in [4.78, 5) is 15.5. The third-order valence-corrected chi connectivity index (χ3v) is 5.85. The van der Waals surface area contributed by atoms with Gasteiger partial charge in [-0.25, -0.2) is 4.98 Å². The number of thiazole rings is 1. The molecule has 5 nitrogen and oxygen atoms in total. The van der Waals surface area contributed by atoms with Crippen molar-refractivity contribution < 1.29 is 0 Å². The maximum Gasteiger partial charge on any atom is 0.0901 e. The summed E-state index contributed by atoms with van der Waals surface area (Å²) in [6.07, 6.45) is 8.61. The Morgan fingerprint density at radius 2 is 1.96 bits per heavy atom. The molecule has 0 radical (unpaired) electrons. The number of piperidine rings is 1. The molecule has 0 unspecified atom stereocenters. The van der Waals surface area contributed by atoms with E-state index < -0.39 is 0 Å². The third kappa shape index (κ3) is 4.70. The fraction of sp³-hybridized carbons (Fsp3) is 0.381. The Balaban J connectivity index is 1.25. The van der Waals surface area contributed by atoms with Gasteiger partial charge in [-0.3, -0.25) is 9.97 Å².